The Morgan fingerprint density at radius 3 is 1.88 bits per heavy atom. The summed E-state index contributed by atoms with van der Waals surface area (Å²) in [7, 11) is 0. The first-order valence-electron chi connectivity index (χ1n) is 9.78. The molecule has 1 saturated heterocycles. The van der Waals surface area contributed by atoms with Crippen LogP contribution in [0.25, 0.3) is 0 Å². The van der Waals surface area contributed by atoms with E-state index < -0.39 is 0 Å². The van der Waals surface area contributed by atoms with Crippen molar-refractivity contribution in [2.75, 3.05) is 26.2 Å². The maximum Gasteiger partial charge on any atom is 0.228 e. The molecular weight excluding hydrogens is 302 g/mol. The van der Waals surface area contributed by atoms with E-state index in [-0.39, 0.29) is 17.4 Å². The van der Waals surface area contributed by atoms with E-state index in [0.29, 0.717) is 38.5 Å². The molecule has 5 rings (SSSR count). The average molecular weight is 333 g/mol. The van der Waals surface area contributed by atoms with Gasteiger partial charge in [-0.15, -0.1) is 0 Å². The second kappa shape index (κ2) is 6.01. The molecule has 0 aromatic rings. The highest BCUT2D eigenvalue weighted by molar-refractivity contribution is 5.84. The maximum atomic E-state index is 13.3. The fourth-order valence-electron chi connectivity index (χ4n) is 6.27. The van der Waals surface area contributed by atoms with Gasteiger partial charge in [-0.2, -0.15) is 0 Å². The Kier molecular flexibility index (Phi) is 4.10. The lowest BCUT2D eigenvalue weighted by molar-refractivity contribution is -0.160. The van der Waals surface area contributed by atoms with E-state index in [1.165, 1.54) is 19.3 Å². The second-order valence-electron chi connectivity index (χ2n) is 9.05. The van der Waals surface area contributed by atoms with Gasteiger partial charge in [-0.25, -0.2) is 0 Å². The van der Waals surface area contributed by atoms with E-state index >= 15 is 0 Å². The number of hydrogen-bond donors (Lipinski definition) is 1. The van der Waals surface area contributed by atoms with Crippen molar-refractivity contribution in [2.45, 2.75) is 57.9 Å². The summed E-state index contributed by atoms with van der Waals surface area (Å²) in [6.45, 7) is 4.61. The minimum absolute atomic E-state index is 0.0489. The third kappa shape index (κ3) is 2.85. The lowest BCUT2D eigenvalue weighted by Gasteiger charge is -2.57. The van der Waals surface area contributed by atoms with Gasteiger partial charge in [-0.3, -0.25) is 9.59 Å². The highest BCUT2D eigenvalue weighted by Gasteiger charge is 2.55. The molecule has 5 nitrogen and oxygen atoms in total. The zero-order valence-corrected chi connectivity index (χ0v) is 14.9. The summed E-state index contributed by atoms with van der Waals surface area (Å²) in [6.07, 6.45) is 7.89. The van der Waals surface area contributed by atoms with Crippen molar-refractivity contribution in [2.24, 2.45) is 28.9 Å². The van der Waals surface area contributed by atoms with Gasteiger partial charge in [0.05, 0.1) is 5.41 Å². The normalized spacial score (nSPS) is 39.2. The number of rotatable bonds is 3. The van der Waals surface area contributed by atoms with E-state index in [2.05, 4.69) is 4.90 Å². The number of nitrogens with zero attached hydrogens (tertiary/aromatic N) is 2. The lowest BCUT2D eigenvalue weighted by atomic mass is 9.49. The highest BCUT2D eigenvalue weighted by Crippen LogP contribution is 2.60. The Morgan fingerprint density at radius 2 is 1.42 bits per heavy atom. The molecule has 2 N–H and O–H groups in total. The third-order valence-electron chi connectivity index (χ3n) is 6.91. The number of carbonyl (C=O) groups is 2. The molecule has 1 unspecified atom stereocenters. The van der Waals surface area contributed by atoms with Crippen molar-refractivity contribution in [1.82, 2.24) is 9.80 Å². The van der Waals surface area contributed by atoms with Gasteiger partial charge >= 0.3 is 0 Å². The van der Waals surface area contributed by atoms with Gasteiger partial charge in [-0.05, 0) is 63.2 Å². The van der Waals surface area contributed by atoms with Crippen molar-refractivity contribution < 1.29 is 9.59 Å². The number of hydrogen-bond acceptors (Lipinski definition) is 3. The molecule has 134 valence electrons. The predicted molar refractivity (Wildman–Crippen MR) is 92.0 cm³/mol. The van der Waals surface area contributed by atoms with E-state index in [9.17, 15) is 9.59 Å². The molecule has 2 amide bonds. The molecule has 1 aliphatic heterocycles. The third-order valence-corrected chi connectivity index (χ3v) is 6.91. The molecule has 0 aromatic carbocycles. The molecule has 4 aliphatic carbocycles. The zero-order valence-electron chi connectivity index (χ0n) is 14.9. The minimum Gasteiger partial charge on any atom is -0.339 e. The van der Waals surface area contributed by atoms with E-state index in [4.69, 9.17) is 5.73 Å². The summed E-state index contributed by atoms with van der Waals surface area (Å²) in [6, 6.07) is -0.0933. The molecule has 5 fully saturated rings. The monoisotopic (exact) mass is 333 g/mol. The van der Waals surface area contributed by atoms with Gasteiger partial charge in [-0.1, -0.05) is 0 Å². The smallest absolute Gasteiger partial charge is 0.228 e. The van der Waals surface area contributed by atoms with Crippen molar-refractivity contribution in [1.29, 1.82) is 0 Å². The van der Waals surface area contributed by atoms with E-state index in [1.54, 1.807) is 0 Å². The topological polar surface area (TPSA) is 66.6 Å². The van der Waals surface area contributed by atoms with Crippen molar-refractivity contribution >= 4 is 11.8 Å². The van der Waals surface area contributed by atoms with Crippen LogP contribution in [0.5, 0.6) is 0 Å². The maximum absolute atomic E-state index is 13.3. The van der Waals surface area contributed by atoms with Gasteiger partial charge in [0, 0.05) is 38.6 Å². The van der Waals surface area contributed by atoms with Gasteiger partial charge in [0.2, 0.25) is 11.8 Å². The van der Waals surface area contributed by atoms with Crippen molar-refractivity contribution in [3.8, 4) is 0 Å². The van der Waals surface area contributed by atoms with Crippen LogP contribution in [0.4, 0.5) is 0 Å². The van der Waals surface area contributed by atoms with Gasteiger partial charge in [0.15, 0.2) is 0 Å². The van der Waals surface area contributed by atoms with Crippen LogP contribution in [0.15, 0.2) is 0 Å². The van der Waals surface area contributed by atoms with Crippen LogP contribution in [0.3, 0.4) is 0 Å². The summed E-state index contributed by atoms with van der Waals surface area (Å²) >= 11 is 0. The van der Waals surface area contributed by atoms with E-state index in [0.717, 1.165) is 37.0 Å². The molecule has 1 atom stereocenters. The first kappa shape index (κ1) is 16.4. The molecule has 4 saturated carbocycles. The lowest BCUT2D eigenvalue weighted by Crippen LogP contribution is -2.58. The first-order chi connectivity index (χ1) is 11.4. The summed E-state index contributed by atoms with van der Waals surface area (Å²) in [5, 5.41) is 0. The summed E-state index contributed by atoms with van der Waals surface area (Å²) in [4.78, 5) is 29.4. The highest BCUT2D eigenvalue weighted by atomic mass is 16.2. The Hall–Kier alpha value is -1.10. The molecule has 5 heteroatoms. The zero-order chi connectivity index (χ0) is 16.9. The van der Waals surface area contributed by atoms with Gasteiger partial charge < -0.3 is 15.5 Å². The van der Waals surface area contributed by atoms with Crippen LogP contribution in [0.1, 0.15) is 51.9 Å². The minimum atomic E-state index is -0.0933. The Morgan fingerprint density at radius 1 is 0.958 bits per heavy atom. The predicted octanol–water partition coefficient (Wildman–Crippen LogP) is 1.61. The Balaban J connectivity index is 1.38. The summed E-state index contributed by atoms with van der Waals surface area (Å²) in [5.41, 5.74) is 5.68. The standard InChI is InChI=1S/C19H31N3O2/c1-13(20)6-17(23)21-2-4-22(5-3-21)18(24)19-10-14-7-15(11-19)9-16(8-14)12-19/h13-16H,2-12,20H2,1H3. The number of amides is 2. The van der Waals surface area contributed by atoms with Gasteiger partial charge in [0.25, 0.3) is 0 Å². The molecule has 0 radical (unpaired) electrons. The summed E-state index contributed by atoms with van der Waals surface area (Å²) in [5.74, 6) is 2.94. The van der Waals surface area contributed by atoms with Crippen LogP contribution < -0.4 is 5.73 Å². The molecule has 4 bridgehead atoms. The average Bonchev–Trinajstić information content (AvgIpc) is 2.52. The second-order valence-corrected chi connectivity index (χ2v) is 9.05. The first-order valence-corrected chi connectivity index (χ1v) is 9.78. The Labute approximate surface area is 144 Å². The quantitative estimate of drug-likeness (QED) is 0.853. The van der Waals surface area contributed by atoms with Crippen molar-refractivity contribution in [3.05, 3.63) is 0 Å². The van der Waals surface area contributed by atoms with Gasteiger partial charge in [0.1, 0.15) is 0 Å². The molecular formula is C19H31N3O2. The van der Waals surface area contributed by atoms with Crippen LogP contribution in [-0.4, -0.2) is 53.8 Å². The molecule has 5 aliphatic rings. The fraction of sp³-hybridized carbons (Fsp3) is 0.895. The fourth-order valence-corrected chi connectivity index (χ4v) is 6.27. The van der Waals surface area contributed by atoms with Crippen molar-refractivity contribution in [3.63, 3.8) is 0 Å². The summed E-state index contributed by atoms with van der Waals surface area (Å²) < 4.78 is 0. The van der Waals surface area contributed by atoms with Crippen LogP contribution in [0, 0.1) is 23.2 Å². The largest absolute Gasteiger partial charge is 0.339 e. The number of piperazine rings is 1. The molecule has 0 spiro atoms. The molecule has 0 aromatic heterocycles. The number of carbonyl (C=O) groups excluding carboxylic acids is 2. The van der Waals surface area contributed by atoms with Crippen LogP contribution in [-0.2, 0) is 9.59 Å². The van der Waals surface area contributed by atoms with Crippen LogP contribution in [0.2, 0.25) is 0 Å². The molecule has 24 heavy (non-hydrogen) atoms. The Bertz CT molecular complexity index is 487. The van der Waals surface area contributed by atoms with E-state index in [1.807, 2.05) is 11.8 Å². The molecule has 1 heterocycles. The SMILES string of the molecule is CC(N)CC(=O)N1CCN(C(=O)C23CC4CC(CC(C4)C2)C3)CC1. The number of nitrogens with two attached hydrogens (primary N) is 1. The van der Waals surface area contributed by atoms with Crippen LogP contribution >= 0.6 is 0 Å².